The van der Waals surface area contributed by atoms with Crippen LogP contribution in [0.25, 0.3) is 0 Å². The summed E-state index contributed by atoms with van der Waals surface area (Å²) in [5.74, 6) is 0.0171. The normalized spacial score (nSPS) is 12.2. The second-order valence-corrected chi connectivity index (χ2v) is 7.32. The maximum atomic E-state index is 12.0. The predicted octanol–water partition coefficient (Wildman–Crippen LogP) is 2.95. The van der Waals surface area contributed by atoms with Gasteiger partial charge in [0.1, 0.15) is 5.01 Å². The molecule has 4 nitrogen and oxygen atoms in total. The summed E-state index contributed by atoms with van der Waals surface area (Å²) in [4.78, 5) is 12.0. The first-order valence-electron chi connectivity index (χ1n) is 6.34. The van der Waals surface area contributed by atoms with E-state index in [-0.39, 0.29) is 11.2 Å². The minimum absolute atomic E-state index is 0.0171. The van der Waals surface area contributed by atoms with Crippen LogP contribution >= 0.6 is 23.1 Å². The van der Waals surface area contributed by atoms with Crippen molar-refractivity contribution >= 4 is 29.0 Å². The van der Waals surface area contributed by atoms with Gasteiger partial charge in [-0.2, -0.15) is 0 Å². The lowest BCUT2D eigenvalue weighted by molar-refractivity contribution is -0.120. The van der Waals surface area contributed by atoms with E-state index in [2.05, 4.69) is 15.5 Å². The van der Waals surface area contributed by atoms with Crippen LogP contribution in [0.1, 0.15) is 23.1 Å². The van der Waals surface area contributed by atoms with Gasteiger partial charge in [-0.05, 0) is 26.3 Å². The van der Waals surface area contributed by atoms with Gasteiger partial charge in [0.25, 0.3) is 0 Å². The monoisotopic (exact) mass is 307 g/mol. The minimum atomic E-state index is -0.173. The van der Waals surface area contributed by atoms with Crippen LogP contribution in [0, 0.1) is 13.8 Å². The molecule has 0 aliphatic carbocycles. The quantitative estimate of drug-likeness (QED) is 0.863. The number of nitrogens with zero attached hydrogens (tertiary/aromatic N) is 2. The number of hydrogen-bond acceptors (Lipinski definition) is 5. The van der Waals surface area contributed by atoms with Gasteiger partial charge in [0.2, 0.25) is 5.91 Å². The zero-order valence-electron chi connectivity index (χ0n) is 11.7. The molecule has 0 saturated heterocycles. The molecule has 0 saturated carbocycles. The lowest BCUT2D eigenvalue weighted by atomic mass is 10.1. The summed E-state index contributed by atoms with van der Waals surface area (Å²) in [6.45, 7) is 6.39. The Bertz CT molecular complexity index is 580. The molecule has 0 spiro atoms. The van der Waals surface area contributed by atoms with Crippen molar-refractivity contribution < 1.29 is 4.79 Å². The van der Waals surface area contributed by atoms with Crippen LogP contribution < -0.4 is 5.32 Å². The number of nitrogens with one attached hydrogen (secondary N) is 1. The number of rotatable bonds is 5. The van der Waals surface area contributed by atoms with Crippen molar-refractivity contribution in [3.8, 4) is 0 Å². The SMILES string of the molecule is Cc1ccc(CNC(=O)[C@H](C)Sc2nnc(C)s2)cc1. The number of thioether (sulfide) groups is 1. The maximum absolute atomic E-state index is 12.0. The first-order valence-corrected chi connectivity index (χ1v) is 8.04. The molecule has 2 rings (SSSR count). The van der Waals surface area contributed by atoms with Crippen molar-refractivity contribution in [2.75, 3.05) is 0 Å². The minimum Gasteiger partial charge on any atom is -0.351 e. The van der Waals surface area contributed by atoms with E-state index >= 15 is 0 Å². The van der Waals surface area contributed by atoms with Crippen molar-refractivity contribution in [2.24, 2.45) is 0 Å². The third-order valence-corrected chi connectivity index (χ3v) is 4.76. The fourth-order valence-corrected chi connectivity index (χ4v) is 3.55. The standard InChI is InChI=1S/C14H17N3OS2/c1-9-4-6-12(7-5-9)8-15-13(18)10(2)19-14-17-16-11(3)20-14/h4-7,10H,8H2,1-3H3,(H,15,18)/t10-/m0/s1. The van der Waals surface area contributed by atoms with Gasteiger partial charge in [-0.15, -0.1) is 10.2 Å². The van der Waals surface area contributed by atoms with E-state index < -0.39 is 0 Å². The van der Waals surface area contributed by atoms with Crippen molar-refractivity contribution in [2.45, 2.75) is 36.9 Å². The second kappa shape index (κ2) is 6.85. The molecule has 1 aromatic carbocycles. The van der Waals surface area contributed by atoms with E-state index in [4.69, 9.17) is 0 Å². The molecule has 1 N–H and O–H groups in total. The van der Waals surface area contributed by atoms with Crippen molar-refractivity contribution in [1.82, 2.24) is 15.5 Å². The molecule has 1 aromatic heterocycles. The van der Waals surface area contributed by atoms with Crippen LogP contribution in [0.4, 0.5) is 0 Å². The molecule has 1 atom stereocenters. The number of carbonyl (C=O) groups is 1. The number of aromatic nitrogens is 2. The molecule has 0 aliphatic heterocycles. The highest BCUT2D eigenvalue weighted by Crippen LogP contribution is 2.26. The van der Waals surface area contributed by atoms with E-state index in [9.17, 15) is 4.79 Å². The van der Waals surface area contributed by atoms with Gasteiger partial charge in [-0.3, -0.25) is 4.79 Å². The zero-order chi connectivity index (χ0) is 14.5. The topological polar surface area (TPSA) is 54.9 Å². The van der Waals surface area contributed by atoms with E-state index in [0.717, 1.165) is 14.9 Å². The maximum Gasteiger partial charge on any atom is 0.233 e. The average Bonchev–Trinajstić information content (AvgIpc) is 2.83. The van der Waals surface area contributed by atoms with E-state index in [1.807, 2.05) is 45.0 Å². The zero-order valence-corrected chi connectivity index (χ0v) is 13.3. The molecule has 106 valence electrons. The number of carbonyl (C=O) groups excluding carboxylic acids is 1. The van der Waals surface area contributed by atoms with Crippen molar-refractivity contribution in [3.05, 3.63) is 40.4 Å². The first-order chi connectivity index (χ1) is 9.54. The summed E-state index contributed by atoms with van der Waals surface area (Å²) in [7, 11) is 0. The fraction of sp³-hybridized carbons (Fsp3) is 0.357. The van der Waals surface area contributed by atoms with Crippen molar-refractivity contribution in [3.63, 3.8) is 0 Å². The van der Waals surface area contributed by atoms with Gasteiger partial charge in [-0.25, -0.2) is 0 Å². The number of hydrogen-bond donors (Lipinski definition) is 1. The number of aryl methyl sites for hydroxylation is 2. The Hall–Kier alpha value is -1.40. The smallest absolute Gasteiger partial charge is 0.233 e. The Kier molecular flexibility index (Phi) is 5.14. The molecular weight excluding hydrogens is 290 g/mol. The van der Waals surface area contributed by atoms with Crippen LogP contribution in [0.2, 0.25) is 0 Å². The highest BCUT2D eigenvalue weighted by molar-refractivity contribution is 8.02. The molecule has 0 aliphatic rings. The fourth-order valence-electron chi connectivity index (χ4n) is 1.57. The Labute approximate surface area is 127 Å². The second-order valence-electron chi connectivity index (χ2n) is 4.55. The Morgan fingerprint density at radius 2 is 2.00 bits per heavy atom. The van der Waals surface area contributed by atoms with Gasteiger partial charge in [0.05, 0.1) is 5.25 Å². The lowest BCUT2D eigenvalue weighted by Crippen LogP contribution is -2.30. The van der Waals surface area contributed by atoms with Crippen molar-refractivity contribution in [1.29, 1.82) is 0 Å². The van der Waals surface area contributed by atoms with Gasteiger partial charge in [0, 0.05) is 6.54 Å². The first kappa shape index (κ1) is 15.0. The molecule has 0 fully saturated rings. The Balaban J connectivity index is 1.83. The molecule has 0 unspecified atom stereocenters. The number of amides is 1. The van der Waals surface area contributed by atoms with Crippen LogP contribution in [0.3, 0.4) is 0 Å². The van der Waals surface area contributed by atoms with Gasteiger partial charge >= 0.3 is 0 Å². The highest BCUT2D eigenvalue weighted by atomic mass is 32.2. The Morgan fingerprint density at radius 1 is 1.30 bits per heavy atom. The summed E-state index contributed by atoms with van der Waals surface area (Å²) < 4.78 is 0.834. The molecule has 0 bridgehead atoms. The summed E-state index contributed by atoms with van der Waals surface area (Å²) in [5, 5.41) is 11.6. The molecule has 20 heavy (non-hydrogen) atoms. The molecular formula is C14H17N3OS2. The van der Waals surface area contributed by atoms with Gasteiger partial charge < -0.3 is 5.32 Å². The lowest BCUT2D eigenvalue weighted by Gasteiger charge is -2.10. The largest absolute Gasteiger partial charge is 0.351 e. The summed E-state index contributed by atoms with van der Waals surface area (Å²) in [6.07, 6.45) is 0. The van der Waals surface area contributed by atoms with E-state index in [0.29, 0.717) is 6.54 Å². The predicted molar refractivity (Wildman–Crippen MR) is 83.0 cm³/mol. The van der Waals surface area contributed by atoms with E-state index in [1.54, 1.807) is 0 Å². The van der Waals surface area contributed by atoms with Crippen LogP contribution in [-0.2, 0) is 11.3 Å². The number of benzene rings is 1. The Morgan fingerprint density at radius 3 is 2.60 bits per heavy atom. The summed E-state index contributed by atoms with van der Waals surface area (Å²) in [5.41, 5.74) is 2.32. The molecule has 6 heteroatoms. The third kappa shape index (κ3) is 4.31. The summed E-state index contributed by atoms with van der Waals surface area (Å²) in [6, 6.07) is 8.15. The molecule has 2 aromatic rings. The average molecular weight is 307 g/mol. The van der Waals surface area contributed by atoms with Crippen LogP contribution in [-0.4, -0.2) is 21.4 Å². The molecule has 0 radical (unpaired) electrons. The highest BCUT2D eigenvalue weighted by Gasteiger charge is 2.16. The summed E-state index contributed by atoms with van der Waals surface area (Å²) >= 11 is 2.95. The molecule has 1 heterocycles. The van der Waals surface area contributed by atoms with Crippen LogP contribution in [0.15, 0.2) is 28.6 Å². The van der Waals surface area contributed by atoms with E-state index in [1.165, 1.54) is 28.7 Å². The third-order valence-electron chi connectivity index (χ3n) is 2.74. The molecule has 1 amide bonds. The van der Waals surface area contributed by atoms with Gasteiger partial charge in [0.15, 0.2) is 4.34 Å². The van der Waals surface area contributed by atoms with Crippen LogP contribution in [0.5, 0.6) is 0 Å². The van der Waals surface area contributed by atoms with Gasteiger partial charge in [-0.1, -0.05) is 52.9 Å².